The van der Waals surface area contributed by atoms with Crippen LogP contribution >= 0.6 is 11.6 Å². The van der Waals surface area contributed by atoms with Crippen LogP contribution in [-0.2, 0) is 16.2 Å². The third-order valence-electron chi connectivity index (χ3n) is 5.78. The first-order valence-corrected chi connectivity index (χ1v) is 12.4. The molecule has 0 fully saturated rings. The molecule has 0 bridgehead atoms. The third kappa shape index (κ3) is 4.86. The van der Waals surface area contributed by atoms with Crippen molar-refractivity contribution in [2.75, 3.05) is 10.8 Å². The quantitative estimate of drug-likeness (QED) is 0.261. The second kappa shape index (κ2) is 9.17. The molecule has 3 aromatic carbocycles. The Morgan fingerprint density at radius 2 is 1.80 bits per heavy atom. The largest absolute Gasteiger partial charge is 0.416 e. The number of hydrogen-bond donors (Lipinski definition) is 0. The van der Waals surface area contributed by atoms with Crippen LogP contribution in [-0.4, -0.2) is 15.0 Å². The van der Waals surface area contributed by atoms with Crippen molar-refractivity contribution in [2.24, 2.45) is 0 Å². The second-order valence-electron chi connectivity index (χ2n) is 8.16. The summed E-state index contributed by atoms with van der Waals surface area (Å²) in [5.41, 5.74) is 1.85. The summed E-state index contributed by atoms with van der Waals surface area (Å²) >= 11 is 6.16. The zero-order valence-corrected chi connectivity index (χ0v) is 20.1. The lowest BCUT2D eigenvalue weighted by molar-refractivity contribution is -0.137. The number of rotatable bonds is 4. The Balaban J connectivity index is 1.80. The molecule has 0 saturated carbocycles. The predicted octanol–water partition coefficient (Wildman–Crippen LogP) is 7.67. The van der Waals surface area contributed by atoms with Crippen LogP contribution < -0.4 is 4.31 Å². The van der Waals surface area contributed by atoms with E-state index in [9.17, 15) is 26.0 Å². The molecule has 0 radical (unpaired) electrons. The highest BCUT2D eigenvalue weighted by Gasteiger charge is 2.34. The van der Waals surface area contributed by atoms with Gasteiger partial charge in [-0.1, -0.05) is 48.5 Å². The molecule has 9 heteroatoms. The van der Waals surface area contributed by atoms with Gasteiger partial charge in [-0.15, -0.1) is 0 Å². The topological polar surface area (TPSA) is 37.4 Å². The van der Waals surface area contributed by atoms with Crippen LogP contribution in [0, 0.1) is 5.82 Å². The highest BCUT2D eigenvalue weighted by Crippen LogP contribution is 2.39. The van der Waals surface area contributed by atoms with E-state index in [4.69, 9.17) is 11.6 Å². The molecule has 0 atom stereocenters. The van der Waals surface area contributed by atoms with Crippen molar-refractivity contribution >= 4 is 44.5 Å². The van der Waals surface area contributed by atoms with Gasteiger partial charge in [-0.3, -0.25) is 4.31 Å². The van der Waals surface area contributed by atoms with Gasteiger partial charge in [-0.05, 0) is 66.5 Å². The van der Waals surface area contributed by atoms with Gasteiger partial charge < -0.3 is 0 Å². The Hall–Kier alpha value is -3.10. The van der Waals surface area contributed by atoms with Crippen molar-refractivity contribution in [2.45, 2.75) is 24.4 Å². The van der Waals surface area contributed by atoms with E-state index in [-0.39, 0.29) is 17.1 Å². The van der Waals surface area contributed by atoms with Crippen molar-refractivity contribution < 1.29 is 26.0 Å². The molecule has 0 spiro atoms. The first-order valence-electron chi connectivity index (χ1n) is 10.5. The second-order valence-corrected chi connectivity index (χ2v) is 10.4. The van der Waals surface area contributed by atoms with Crippen LogP contribution in [0.3, 0.4) is 0 Å². The van der Waals surface area contributed by atoms with E-state index in [1.807, 2.05) is 0 Å². The molecule has 35 heavy (non-hydrogen) atoms. The van der Waals surface area contributed by atoms with E-state index >= 15 is 0 Å². The summed E-state index contributed by atoms with van der Waals surface area (Å²) in [5.74, 6) is -0.494. The Labute approximate surface area is 206 Å². The molecule has 3 nitrogen and oxygen atoms in total. The minimum absolute atomic E-state index is 0.0235. The molecular weight excluding hydrogens is 502 g/mol. The van der Waals surface area contributed by atoms with Crippen LogP contribution in [0.1, 0.15) is 35.6 Å². The first kappa shape index (κ1) is 25.0. The Morgan fingerprint density at radius 3 is 2.49 bits per heavy atom. The molecule has 1 heterocycles. The highest BCUT2D eigenvalue weighted by atomic mass is 35.5. The first-order chi connectivity index (χ1) is 16.4. The number of hydrogen-bond acceptors (Lipinski definition) is 2. The van der Waals surface area contributed by atoms with E-state index in [2.05, 4.69) is 6.58 Å². The summed E-state index contributed by atoms with van der Waals surface area (Å²) in [4.78, 5) is -0.457. The lowest BCUT2D eigenvalue weighted by Gasteiger charge is -2.32. The van der Waals surface area contributed by atoms with Crippen LogP contribution in [0.4, 0.5) is 23.2 Å². The lowest BCUT2D eigenvalue weighted by atomic mass is 9.96. The van der Waals surface area contributed by atoms with E-state index in [0.29, 0.717) is 40.4 Å². The standard InChI is InChI=1S/C26H20ClF4NO2S/c1-16-11-12-32(35(33,34)20-6-3-5-19(15-20)26(29,30)31)24-14-18(9-10-21(16)24)13-17(2)25-22(27)7-4-8-23(25)28/h3-10,13-15H,1,11-12H2,2H3/b17-13+. The van der Waals surface area contributed by atoms with Gasteiger partial charge in [0.1, 0.15) is 5.82 Å². The number of allylic oxidation sites excluding steroid dienone is 1. The average Bonchev–Trinajstić information content (AvgIpc) is 2.78. The Kier molecular flexibility index (Phi) is 6.55. The van der Waals surface area contributed by atoms with Gasteiger partial charge in [-0.25, -0.2) is 12.8 Å². The van der Waals surface area contributed by atoms with Gasteiger partial charge in [0.05, 0.1) is 21.2 Å². The molecule has 0 saturated heterocycles. The molecule has 0 aromatic heterocycles. The summed E-state index contributed by atoms with van der Waals surface area (Å²) in [6.45, 7) is 5.70. The van der Waals surface area contributed by atoms with Gasteiger partial charge in [0, 0.05) is 17.7 Å². The van der Waals surface area contributed by atoms with Gasteiger partial charge in [0.2, 0.25) is 0 Å². The number of alkyl halides is 3. The summed E-state index contributed by atoms with van der Waals surface area (Å²) in [5, 5.41) is 0.235. The molecule has 0 N–H and O–H groups in total. The maximum absolute atomic E-state index is 14.3. The van der Waals surface area contributed by atoms with Crippen LogP contribution in [0.15, 0.2) is 72.1 Å². The smallest absolute Gasteiger partial charge is 0.265 e. The van der Waals surface area contributed by atoms with Gasteiger partial charge >= 0.3 is 6.18 Å². The predicted molar refractivity (Wildman–Crippen MR) is 131 cm³/mol. The fraction of sp³-hybridized carbons (Fsp3) is 0.154. The number of nitrogens with zero attached hydrogens (tertiary/aromatic N) is 1. The fourth-order valence-electron chi connectivity index (χ4n) is 4.04. The molecule has 0 amide bonds. The Morgan fingerprint density at radius 1 is 1.09 bits per heavy atom. The molecule has 1 aliphatic rings. The molecule has 0 unspecified atom stereocenters. The highest BCUT2D eigenvalue weighted by molar-refractivity contribution is 7.92. The van der Waals surface area contributed by atoms with E-state index in [0.717, 1.165) is 22.5 Å². The maximum atomic E-state index is 14.3. The summed E-state index contributed by atoms with van der Waals surface area (Å²) in [7, 11) is -4.30. The molecule has 0 aliphatic carbocycles. The van der Waals surface area contributed by atoms with E-state index in [1.165, 1.54) is 12.1 Å². The van der Waals surface area contributed by atoms with Crippen molar-refractivity contribution in [3.8, 4) is 0 Å². The minimum atomic E-state index is -4.68. The number of benzene rings is 3. The molecule has 182 valence electrons. The van der Waals surface area contributed by atoms with Crippen LogP contribution in [0.5, 0.6) is 0 Å². The zero-order valence-electron chi connectivity index (χ0n) is 18.5. The van der Waals surface area contributed by atoms with E-state index in [1.54, 1.807) is 37.3 Å². The third-order valence-corrected chi connectivity index (χ3v) is 7.90. The van der Waals surface area contributed by atoms with Gasteiger partial charge in [0.25, 0.3) is 10.0 Å². The zero-order chi connectivity index (χ0) is 25.5. The molecule has 4 rings (SSSR count). The average molecular weight is 522 g/mol. The van der Waals surface area contributed by atoms with Crippen molar-refractivity contribution in [1.29, 1.82) is 0 Å². The number of fused-ring (bicyclic) bond motifs is 1. The maximum Gasteiger partial charge on any atom is 0.416 e. The molecule has 1 aliphatic heterocycles. The number of halogens is 5. The van der Waals surface area contributed by atoms with Crippen molar-refractivity contribution in [1.82, 2.24) is 0 Å². The molecule has 3 aromatic rings. The minimum Gasteiger partial charge on any atom is -0.265 e. The summed E-state index contributed by atoms with van der Waals surface area (Å²) in [6.07, 6.45) is -2.69. The number of anilines is 1. The van der Waals surface area contributed by atoms with Gasteiger partial charge in [0.15, 0.2) is 0 Å². The SMILES string of the molecule is C=C1CCN(S(=O)(=O)c2cccc(C(F)(F)F)c2)c2cc(/C=C(\C)c3c(F)cccc3Cl)ccc21. The fourth-order valence-corrected chi connectivity index (χ4v) is 5.88. The summed E-state index contributed by atoms with van der Waals surface area (Å²) < 4.78 is 81.9. The monoisotopic (exact) mass is 521 g/mol. The van der Waals surface area contributed by atoms with Crippen LogP contribution in [0.2, 0.25) is 5.02 Å². The number of sulfonamides is 1. The molecular formula is C26H20ClF4NO2S. The van der Waals surface area contributed by atoms with Crippen LogP contribution in [0.25, 0.3) is 17.2 Å². The van der Waals surface area contributed by atoms with Gasteiger partial charge in [-0.2, -0.15) is 13.2 Å². The Bertz CT molecular complexity index is 1440. The van der Waals surface area contributed by atoms with Crippen molar-refractivity contribution in [3.63, 3.8) is 0 Å². The normalized spacial score (nSPS) is 14.7. The summed E-state index contributed by atoms with van der Waals surface area (Å²) in [6, 6.07) is 13.1. The lowest BCUT2D eigenvalue weighted by Crippen LogP contribution is -2.35. The van der Waals surface area contributed by atoms with Crippen molar-refractivity contribution in [3.05, 3.63) is 100 Å². The van der Waals surface area contributed by atoms with E-state index < -0.39 is 32.5 Å².